The molecule has 0 unspecified atom stereocenters. The molecule has 0 bridgehead atoms. The molecule has 5 aromatic carbocycles. The second-order valence-electron chi connectivity index (χ2n) is 14.9. The smallest absolute Gasteiger partial charge is 0.135 e. The predicted molar refractivity (Wildman–Crippen MR) is 215 cm³/mol. The summed E-state index contributed by atoms with van der Waals surface area (Å²) < 4.78 is 8.88. The zero-order chi connectivity index (χ0) is 36.3. The fraction of sp³-hybridized carbons (Fsp3) is 0.191. The molecule has 0 aliphatic carbocycles. The van der Waals surface area contributed by atoms with Crippen LogP contribution in [0.1, 0.15) is 54.2 Å². The van der Waals surface area contributed by atoms with Gasteiger partial charge in [0.15, 0.2) is 0 Å². The van der Waals surface area contributed by atoms with E-state index in [1.807, 2.05) is 18.3 Å². The number of nitrogens with zero attached hydrogens (tertiary/aromatic N) is 4. The van der Waals surface area contributed by atoms with Crippen molar-refractivity contribution in [3.05, 3.63) is 162 Å². The Hall–Kier alpha value is -5.12. The van der Waals surface area contributed by atoms with E-state index in [1.165, 1.54) is 39.1 Å². The Balaban J connectivity index is 0.00000435. The van der Waals surface area contributed by atoms with Gasteiger partial charge in [0.25, 0.3) is 0 Å². The Bertz CT molecular complexity index is 2500. The maximum absolute atomic E-state index is 6.68. The molecule has 0 N–H and O–H groups in total. The molecule has 53 heavy (non-hydrogen) atoms. The van der Waals surface area contributed by atoms with E-state index in [4.69, 9.17) is 9.72 Å². The maximum atomic E-state index is 6.68. The fourth-order valence-electron chi connectivity index (χ4n) is 7.31. The van der Waals surface area contributed by atoms with Gasteiger partial charge in [0.2, 0.25) is 0 Å². The molecule has 0 amide bonds. The summed E-state index contributed by atoms with van der Waals surface area (Å²) in [6.07, 6.45) is 6.11. The van der Waals surface area contributed by atoms with Gasteiger partial charge in [-0.3, -0.25) is 0 Å². The first-order chi connectivity index (χ1) is 25.0. The summed E-state index contributed by atoms with van der Waals surface area (Å²) in [5.74, 6) is 2.07. The number of benzene rings is 5. The summed E-state index contributed by atoms with van der Waals surface area (Å²) in [6.45, 7) is 19.9. The Morgan fingerprint density at radius 2 is 1.32 bits per heavy atom. The van der Waals surface area contributed by atoms with Gasteiger partial charge < -0.3 is 19.1 Å². The molecule has 5 nitrogen and oxygen atoms in total. The number of hydrogen-bond acceptors (Lipinski definition) is 4. The normalized spacial score (nSPS) is 12.9. The average molecular weight is 875 g/mol. The summed E-state index contributed by atoms with van der Waals surface area (Å²) in [5.41, 5.74) is 14.0. The number of rotatable bonds is 6. The van der Waals surface area contributed by atoms with Crippen LogP contribution in [0.15, 0.2) is 110 Å². The Morgan fingerprint density at radius 1 is 0.642 bits per heavy atom. The van der Waals surface area contributed by atoms with E-state index in [-0.39, 0.29) is 26.5 Å². The van der Waals surface area contributed by atoms with Gasteiger partial charge in [-0.25, -0.2) is 4.98 Å². The second-order valence-corrected chi connectivity index (χ2v) is 14.9. The van der Waals surface area contributed by atoms with Crippen molar-refractivity contribution in [1.29, 1.82) is 0 Å². The number of hydrogen-bond donors (Lipinski definition) is 0. The number of anilines is 2. The van der Waals surface area contributed by atoms with E-state index in [9.17, 15) is 0 Å². The molecule has 0 saturated heterocycles. The quantitative estimate of drug-likeness (QED) is 0.156. The second kappa shape index (κ2) is 14.0. The molecular weight excluding hydrogens is 832 g/mol. The molecule has 0 saturated carbocycles. The first-order valence-electron chi connectivity index (χ1n) is 17.9. The van der Waals surface area contributed by atoms with Crippen molar-refractivity contribution >= 4 is 33.2 Å². The van der Waals surface area contributed by atoms with Crippen LogP contribution in [0.5, 0.6) is 11.5 Å². The zero-order valence-corrected chi connectivity index (χ0v) is 33.8. The fourth-order valence-corrected chi connectivity index (χ4v) is 7.31. The van der Waals surface area contributed by atoms with Crippen molar-refractivity contribution in [3.8, 4) is 28.4 Å². The Morgan fingerprint density at radius 3 is 2.06 bits per heavy atom. The van der Waals surface area contributed by atoms with Crippen LogP contribution in [0.4, 0.5) is 11.4 Å². The summed E-state index contributed by atoms with van der Waals surface area (Å²) in [5, 5.41) is 2.24. The molecule has 270 valence electrons. The predicted octanol–water partition coefficient (Wildman–Crippen LogP) is 12.0. The third-order valence-corrected chi connectivity index (χ3v) is 10.7. The van der Waals surface area contributed by atoms with Crippen LogP contribution in [-0.2, 0) is 26.5 Å². The van der Waals surface area contributed by atoms with Crippen molar-refractivity contribution in [1.82, 2.24) is 9.55 Å². The molecule has 0 radical (unpaired) electrons. The van der Waals surface area contributed by atoms with E-state index in [1.54, 1.807) is 0 Å². The van der Waals surface area contributed by atoms with E-state index in [2.05, 4.69) is 180 Å². The summed E-state index contributed by atoms with van der Waals surface area (Å²) in [6, 6.07) is 38.7. The standard InChI is InChI=1S/C47H43N4O.Pt/c1-30-31(2)33(4)46(34(5)32(30)3)50-23-22-49(29-50)38-24-36(35-14-10-9-11-15-35)25-40(27-38)52-39-18-19-42-41-16-12-13-17-43(41)51(44(42)28-39)45-26-37(20-21-48-45)47(6,7)8;/h9-26,29H,1-8H3;/q-3;. The molecule has 1 aliphatic rings. The van der Waals surface area contributed by atoms with Gasteiger partial charge in [0.1, 0.15) is 5.82 Å². The monoisotopic (exact) mass is 874 g/mol. The number of para-hydroxylation sites is 1. The molecule has 6 heteroatoms. The van der Waals surface area contributed by atoms with E-state index < -0.39 is 0 Å². The first-order valence-corrected chi connectivity index (χ1v) is 17.9. The number of fused-ring (bicyclic) bond motifs is 3. The minimum absolute atomic E-state index is 0. The molecule has 7 aromatic rings. The zero-order valence-electron chi connectivity index (χ0n) is 31.5. The first kappa shape index (κ1) is 36.2. The molecule has 8 rings (SSSR count). The van der Waals surface area contributed by atoms with Gasteiger partial charge in [-0.2, -0.15) is 6.07 Å². The van der Waals surface area contributed by atoms with Gasteiger partial charge >= 0.3 is 0 Å². The summed E-state index contributed by atoms with van der Waals surface area (Å²) in [7, 11) is 0. The van der Waals surface area contributed by atoms with Crippen LogP contribution in [0.2, 0.25) is 0 Å². The Kier molecular flexibility index (Phi) is 9.59. The van der Waals surface area contributed by atoms with E-state index in [0.717, 1.165) is 44.4 Å². The van der Waals surface area contributed by atoms with Crippen LogP contribution in [0, 0.1) is 53.4 Å². The van der Waals surface area contributed by atoms with Crippen LogP contribution >= 0.6 is 0 Å². The van der Waals surface area contributed by atoms with Crippen LogP contribution in [0.3, 0.4) is 0 Å². The number of aromatic nitrogens is 2. The van der Waals surface area contributed by atoms with Crippen molar-refractivity contribution < 1.29 is 25.8 Å². The molecular formula is C47H43N4OPt-3. The Labute approximate surface area is 327 Å². The van der Waals surface area contributed by atoms with Crippen LogP contribution in [0.25, 0.3) is 38.8 Å². The third kappa shape index (κ3) is 6.57. The van der Waals surface area contributed by atoms with Gasteiger partial charge in [-0.05, 0) is 115 Å². The van der Waals surface area contributed by atoms with Crippen molar-refractivity contribution in [2.75, 3.05) is 9.80 Å². The summed E-state index contributed by atoms with van der Waals surface area (Å²) >= 11 is 0. The van der Waals surface area contributed by atoms with Crippen molar-refractivity contribution in [3.63, 3.8) is 0 Å². The third-order valence-electron chi connectivity index (χ3n) is 10.7. The molecule has 0 atom stereocenters. The summed E-state index contributed by atoms with van der Waals surface area (Å²) in [4.78, 5) is 9.17. The van der Waals surface area contributed by atoms with Gasteiger partial charge in [0.05, 0.1) is 0 Å². The van der Waals surface area contributed by atoms with Gasteiger partial charge in [-0.1, -0.05) is 74.8 Å². The topological polar surface area (TPSA) is 33.5 Å². The molecule has 2 aromatic heterocycles. The van der Waals surface area contributed by atoms with E-state index in [0.29, 0.717) is 11.5 Å². The van der Waals surface area contributed by atoms with Crippen LogP contribution in [-0.4, -0.2) is 9.55 Å². The SMILES string of the molecule is Cc1c(C)c(C)c(N2C=CN(c3[c-]c(Oc4[c-]c5c(cc4)c4ccccc4n5-c4cc(C(C)(C)C)ccn4)cc(-c4ccccc4)c3)[CH-]2)c(C)c1C.[Pt]. The van der Waals surface area contributed by atoms with Crippen molar-refractivity contribution in [2.24, 2.45) is 0 Å². The largest absolute Gasteiger partial charge is 0.509 e. The van der Waals surface area contributed by atoms with Gasteiger partial charge in [0, 0.05) is 50.0 Å². The maximum Gasteiger partial charge on any atom is 0.135 e. The minimum atomic E-state index is -0.0135. The molecule has 3 heterocycles. The van der Waals surface area contributed by atoms with Crippen LogP contribution < -0.4 is 14.5 Å². The number of pyridine rings is 1. The van der Waals surface area contributed by atoms with Crippen molar-refractivity contribution in [2.45, 2.75) is 60.8 Å². The molecule has 0 spiro atoms. The average Bonchev–Trinajstić information content (AvgIpc) is 3.76. The molecule has 1 aliphatic heterocycles. The van der Waals surface area contributed by atoms with Gasteiger partial charge in [-0.15, -0.1) is 53.6 Å². The minimum Gasteiger partial charge on any atom is -0.509 e. The van der Waals surface area contributed by atoms with E-state index >= 15 is 0 Å². The number of ether oxygens (including phenoxy) is 1. The molecule has 0 fully saturated rings.